The van der Waals surface area contributed by atoms with E-state index in [1.807, 2.05) is 18.2 Å². The molecule has 3 aliphatic rings. The minimum absolute atomic E-state index is 0.0988. The van der Waals surface area contributed by atoms with Crippen molar-refractivity contribution in [3.63, 3.8) is 0 Å². The molecule has 1 atom stereocenters. The average molecular weight is 831 g/mol. The Morgan fingerprint density at radius 2 is 1.66 bits per heavy atom. The van der Waals surface area contributed by atoms with Crippen LogP contribution in [0.3, 0.4) is 0 Å². The van der Waals surface area contributed by atoms with Crippen LogP contribution in [-0.4, -0.2) is 85.1 Å². The first-order valence-corrected chi connectivity index (χ1v) is 23.0. The summed E-state index contributed by atoms with van der Waals surface area (Å²) < 4.78 is 43.4. The number of imide groups is 1. The molecule has 0 bridgehead atoms. The van der Waals surface area contributed by atoms with Gasteiger partial charge in [-0.1, -0.05) is 45.9 Å². The zero-order chi connectivity index (χ0) is 41.0. The Morgan fingerprint density at radius 1 is 0.931 bits per heavy atom. The maximum absolute atomic E-state index is 16.0. The van der Waals surface area contributed by atoms with Crippen LogP contribution in [0.4, 0.5) is 21.7 Å². The lowest BCUT2D eigenvalue weighted by Crippen LogP contribution is -2.42. The fourth-order valence-corrected chi connectivity index (χ4v) is 10.4. The number of amides is 2. The molecule has 3 saturated heterocycles. The van der Waals surface area contributed by atoms with E-state index in [9.17, 15) is 18.0 Å². The predicted molar refractivity (Wildman–Crippen MR) is 229 cm³/mol. The Balaban J connectivity index is 0.916. The molecule has 2 aromatic carbocycles. The van der Waals surface area contributed by atoms with Crippen molar-refractivity contribution in [1.82, 2.24) is 25.2 Å². The highest BCUT2D eigenvalue weighted by atomic mass is 32.2. The minimum atomic E-state index is -3.69. The van der Waals surface area contributed by atoms with Gasteiger partial charge in [-0.3, -0.25) is 19.6 Å². The first kappa shape index (κ1) is 41.7. The van der Waals surface area contributed by atoms with Crippen LogP contribution in [0.15, 0.2) is 54.7 Å². The summed E-state index contributed by atoms with van der Waals surface area (Å²) in [7, 11) is -3.69. The van der Waals surface area contributed by atoms with Crippen LogP contribution >= 0.6 is 11.3 Å². The zero-order valence-electron chi connectivity index (χ0n) is 33.9. The summed E-state index contributed by atoms with van der Waals surface area (Å²) in [5, 5.41) is 6.75. The van der Waals surface area contributed by atoms with E-state index in [2.05, 4.69) is 63.0 Å². The SMILES string of the molecule is CCCS(=O)(=O)Nc1cccc(-c2nc(C(C)(C)C)sc2-c2ccnc(NCC3CCN(CC4CCN(c5ccc([C@H]6CCC(=O)NC6=O)cc5)CC4)CC3)n2)c1F. The van der Waals surface area contributed by atoms with Crippen molar-refractivity contribution in [3.8, 4) is 21.8 Å². The van der Waals surface area contributed by atoms with E-state index in [4.69, 9.17) is 9.97 Å². The molecule has 0 aliphatic carbocycles. The number of halogens is 1. The van der Waals surface area contributed by atoms with Gasteiger partial charge in [0.1, 0.15) is 0 Å². The van der Waals surface area contributed by atoms with Crippen LogP contribution in [0.5, 0.6) is 0 Å². The number of thiazole rings is 1. The van der Waals surface area contributed by atoms with Gasteiger partial charge >= 0.3 is 0 Å². The molecule has 0 unspecified atom stereocenters. The van der Waals surface area contributed by atoms with Crippen LogP contribution in [0.2, 0.25) is 0 Å². The van der Waals surface area contributed by atoms with Crippen LogP contribution < -0.4 is 20.3 Å². The smallest absolute Gasteiger partial charge is 0.234 e. The Morgan fingerprint density at radius 3 is 2.34 bits per heavy atom. The average Bonchev–Trinajstić information content (AvgIpc) is 3.66. The highest BCUT2D eigenvalue weighted by Crippen LogP contribution is 2.42. The molecule has 4 aromatic rings. The molecule has 0 saturated carbocycles. The van der Waals surface area contributed by atoms with E-state index in [1.54, 1.807) is 25.3 Å². The number of benzene rings is 2. The Labute approximate surface area is 345 Å². The third-order valence-corrected chi connectivity index (χ3v) is 14.4. The van der Waals surface area contributed by atoms with Crippen molar-refractivity contribution < 1.29 is 22.4 Å². The van der Waals surface area contributed by atoms with Crippen molar-refractivity contribution in [2.75, 3.05) is 60.0 Å². The molecule has 2 amide bonds. The standard InChI is InChI=1S/C43H55FN8O4S2/c1-5-25-58(55,56)50-34-8-6-7-33(37(34)44)38-39(57-41(49-38)43(2,3)4)35-15-20-45-42(47-35)46-26-28-16-21-51(22-17-28)27-29-18-23-52(24-19-29)31-11-9-30(10-12-31)32-13-14-36(53)48-40(32)54/h6-12,15,20,28-29,32,50H,5,13-14,16-19,21-27H2,1-4H3,(H,45,46,47)(H,48,53,54)/t32-/m1/s1. The largest absolute Gasteiger partial charge is 0.372 e. The molecule has 3 aliphatic heterocycles. The second-order valence-electron chi connectivity index (χ2n) is 17.0. The van der Waals surface area contributed by atoms with Crippen molar-refractivity contribution in [2.24, 2.45) is 11.8 Å². The lowest BCUT2D eigenvalue weighted by Gasteiger charge is -2.38. The van der Waals surface area contributed by atoms with Gasteiger partial charge in [-0.25, -0.2) is 27.8 Å². The van der Waals surface area contributed by atoms with Crippen LogP contribution in [0.25, 0.3) is 21.8 Å². The third-order valence-electron chi connectivity index (χ3n) is 11.4. The summed E-state index contributed by atoms with van der Waals surface area (Å²) in [5.41, 5.74) is 3.02. The van der Waals surface area contributed by atoms with Crippen LogP contribution in [-0.2, 0) is 25.0 Å². The summed E-state index contributed by atoms with van der Waals surface area (Å²) in [6.45, 7) is 14.0. The van der Waals surface area contributed by atoms with Gasteiger partial charge in [0.15, 0.2) is 5.82 Å². The fourth-order valence-electron chi connectivity index (χ4n) is 8.13. The fraction of sp³-hybridized carbons (Fsp3) is 0.512. The van der Waals surface area contributed by atoms with Crippen molar-refractivity contribution in [3.05, 3.63) is 71.1 Å². The number of anilines is 3. The van der Waals surface area contributed by atoms with Gasteiger partial charge in [0.05, 0.1) is 38.6 Å². The molecule has 7 rings (SSSR count). The molecule has 310 valence electrons. The predicted octanol–water partition coefficient (Wildman–Crippen LogP) is 7.42. The highest BCUT2D eigenvalue weighted by Gasteiger charge is 2.30. The first-order valence-electron chi connectivity index (χ1n) is 20.5. The lowest BCUT2D eigenvalue weighted by molar-refractivity contribution is -0.134. The molecule has 12 nitrogen and oxygen atoms in total. The highest BCUT2D eigenvalue weighted by molar-refractivity contribution is 7.92. The summed E-state index contributed by atoms with van der Waals surface area (Å²) in [4.78, 5) is 43.9. The normalized spacial score (nSPS) is 19.0. The maximum atomic E-state index is 16.0. The summed E-state index contributed by atoms with van der Waals surface area (Å²) >= 11 is 1.46. The van der Waals surface area contributed by atoms with Gasteiger partial charge in [-0.05, 0) is 99.3 Å². The van der Waals surface area contributed by atoms with Crippen molar-refractivity contribution >= 4 is 50.5 Å². The molecule has 15 heteroatoms. The molecule has 58 heavy (non-hydrogen) atoms. The number of nitrogens with zero attached hydrogens (tertiary/aromatic N) is 5. The van der Waals surface area contributed by atoms with E-state index in [-0.39, 0.29) is 40.2 Å². The summed E-state index contributed by atoms with van der Waals surface area (Å²) in [5.74, 6) is 0.266. The number of rotatable bonds is 13. The van der Waals surface area contributed by atoms with Crippen LogP contribution in [0.1, 0.15) is 89.1 Å². The molecular formula is C43H55FN8O4S2. The topological polar surface area (TPSA) is 150 Å². The molecule has 0 spiro atoms. The summed E-state index contributed by atoms with van der Waals surface area (Å²) in [6.07, 6.45) is 7.57. The van der Waals surface area contributed by atoms with Gasteiger partial charge in [-0.2, -0.15) is 0 Å². The lowest BCUT2D eigenvalue weighted by atomic mass is 9.90. The third kappa shape index (κ3) is 10.0. The quantitative estimate of drug-likeness (QED) is 0.116. The van der Waals surface area contributed by atoms with Gasteiger partial charge in [0.25, 0.3) is 0 Å². The Bertz CT molecular complexity index is 2190. The first-order chi connectivity index (χ1) is 27.8. The number of hydrogen-bond donors (Lipinski definition) is 3. The van der Waals surface area contributed by atoms with E-state index >= 15 is 4.39 Å². The van der Waals surface area contributed by atoms with E-state index in [0.29, 0.717) is 53.3 Å². The van der Waals surface area contributed by atoms with Gasteiger partial charge in [0, 0.05) is 55.5 Å². The molecule has 2 aromatic heterocycles. The van der Waals surface area contributed by atoms with Gasteiger partial charge in [-0.15, -0.1) is 11.3 Å². The minimum Gasteiger partial charge on any atom is -0.372 e. The Kier molecular flexibility index (Phi) is 12.8. The van der Waals surface area contributed by atoms with E-state index in [0.717, 1.165) is 75.5 Å². The van der Waals surface area contributed by atoms with Gasteiger partial charge < -0.3 is 15.1 Å². The second kappa shape index (κ2) is 17.8. The molecular weight excluding hydrogens is 776 g/mol. The molecule has 5 heterocycles. The molecule has 3 fully saturated rings. The second-order valence-corrected chi connectivity index (χ2v) is 19.8. The molecule has 0 radical (unpaired) electrons. The number of sulfonamides is 1. The van der Waals surface area contributed by atoms with Crippen molar-refractivity contribution in [2.45, 2.75) is 84.0 Å². The number of aromatic nitrogens is 3. The maximum Gasteiger partial charge on any atom is 0.234 e. The number of carbonyl (C=O) groups excluding carboxylic acids is 2. The number of piperidine rings is 3. The monoisotopic (exact) mass is 830 g/mol. The number of hydrogen-bond acceptors (Lipinski definition) is 11. The molecule has 3 N–H and O–H groups in total. The number of likely N-dealkylation sites (tertiary alicyclic amines) is 1. The van der Waals surface area contributed by atoms with Gasteiger partial charge in [0.2, 0.25) is 27.8 Å². The number of carbonyl (C=O) groups is 2. The van der Waals surface area contributed by atoms with E-state index in [1.165, 1.54) is 23.1 Å². The zero-order valence-corrected chi connectivity index (χ0v) is 35.5. The summed E-state index contributed by atoms with van der Waals surface area (Å²) in [6, 6.07) is 14.8. The van der Waals surface area contributed by atoms with Crippen LogP contribution in [0, 0.1) is 17.7 Å². The van der Waals surface area contributed by atoms with Crippen molar-refractivity contribution in [1.29, 1.82) is 0 Å². The van der Waals surface area contributed by atoms with E-state index < -0.39 is 15.8 Å². The number of nitrogens with one attached hydrogen (secondary N) is 3. The Hall–Kier alpha value is -4.47.